The number of para-hydroxylation sites is 2. The molecule has 1 aliphatic heterocycles. The third-order valence-corrected chi connectivity index (χ3v) is 6.32. The van der Waals surface area contributed by atoms with Crippen molar-refractivity contribution in [2.45, 2.75) is 6.54 Å². The number of benzene rings is 3. The van der Waals surface area contributed by atoms with Crippen molar-refractivity contribution >= 4 is 61.7 Å². The molecule has 0 saturated carbocycles. The van der Waals surface area contributed by atoms with Gasteiger partial charge in [0.15, 0.2) is 0 Å². The van der Waals surface area contributed by atoms with Gasteiger partial charge in [-0.25, -0.2) is 0 Å². The summed E-state index contributed by atoms with van der Waals surface area (Å²) < 4.78 is 2.98. The number of anilines is 1. The highest BCUT2D eigenvalue weighted by atomic mass is 32.2. The van der Waals surface area contributed by atoms with Crippen LogP contribution in [0.5, 0.6) is 0 Å². The fourth-order valence-electron chi connectivity index (χ4n) is 3.71. The zero-order valence-corrected chi connectivity index (χ0v) is 16.1. The number of nitrogens with zero attached hydrogens (tertiary/aromatic N) is 2. The molecular weight excluding hydrogens is 372 g/mol. The smallest absolute Gasteiger partial charge is 0.243 e. The van der Waals surface area contributed by atoms with Crippen molar-refractivity contribution in [3.8, 4) is 0 Å². The summed E-state index contributed by atoms with van der Waals surface area (Å²) in [7, 11) is 0. The normalized spacial score (nSPS) is 14.6. The number of fused-ring (bicyclic) bond motifs is 3. The fraction of sp³-hybridized carbons (Fsp3) is 0.0909. The maximum absolute atomic E-state index is 12.0. The Kier molecular flexibility index (Phi) is 3.99. The minimum atomic E-state index is 0.0557. The van der Waals surface area contributed by atoms with Crippen molar-refractivity contribution in [2.75, 3.05) is 10.7 Å². The molecule has 0 aliphatic carbocycles. The lowest BCUT2D eigenvalue weighted by atomic mass is 10.2. The van der Waals surface area contributed by atoms with Crippen molar-refractivity contribution in [3.05, 3.63) is 78.4 Å². The molecule has 1 aliphatic rings. The van der Waals surface area contributed by atoms with Crippen LogP contribution >= 0.6 is 24.0 Å². The predicted molar refractivity (Wildman–Crippen MR) is 118 cm³/mol. The second-order valence-corrected chi connectivity index (χ2v) is 8.18. The van der Waals surface area contributed by atoms with Gasteiger partial charge in [0, 0.05) is 28.4 Å². The van der Waals surface area contributed by atoms with Gasteiger partial charge in [0.2, 0.25) is 5.91 Å². The molecule has 5 heteroatoms. The molecule has 0 spiro atoms. The number of hydrogen-bond donors (Lipinski definition) is 0. The number of carbonyl (C=O) groups is 1. The summed E-state index contributed by atoms with van der Waals surface area (Å²) in [6.07, 6.45) is 0. The quantitative estimate of drug-likeness (QED) is 0.451. The summed E-state index contributed by atoms with van der Waals surface area (Å²) in [5.41, 5.74) is 4.50. The maximum Gasteiger partial charge on any atom is 0.243 e. The molecule has 3 nitrogen and oxygen atoms in total. The van der Waals surface area contributed by atoms with Gasteiger partial charge >= 0.3 is 0 Å². The van der Waals surface area contributed by atoms with Gasteiger partial charge in [-0.15, -0.1) is 0 Å². The van der Waals surface area contributed by atoms with E-state index in [1.807, 2.05) is 12.1 Å². The Labute approximate surface area is 166 Å². The van der Waals surface area contributed by atoms with E-state index in [9.17, 15) is 4.79 Å². The van der Waals surface area contributed by atoms with E-state index in [2.05, 4.69) is 65.2 Å². The molecule has 1 saturated heterocycles. The molecule has 5 rings (SSSR count). The average molecular weight is 389 g/mol. The molecule has 132 valence electrons. The number of thioether (sulfide) groups is 1. The average Bonchev–Trinajstić information content (AvgIpc) is 3.21. The van der Waals surface area contributed by atoms with Gasteiger partial charge in [-0.2, -0.15) is 0 Å². The largest absolute Gasteiger partial charge is 0.336 e. The first-order valence-electron chi connectivity index (χ1n) is 8.77. The first-order chi connectivity index (χ1) is 13.2. The van der Waals surface area contributed by atoms with Crippen molar-refractivity contribution in [1.82, 2.24) is 4.57 Å². The Hall–Kier alpha value is -2.63. The molecule has 27 heavy (non-hydrogen) atoms. The molecule has 0 unspecified atom stereocenters. The van der Waals surface area contributed by atoms with Crippen LogP contribution in [0.4, 0.5) is 5.69 Å². The van der Waals surface area contributed by atoms with Gasteiger partial charge in [0.05, 0.1) is 11.4 Å². The highest BCUT2D eigenvalue weighted by Crippen LogP contribution is 2.30. The summed E-state index contributed by atoms with van der Waals surface area (Å²) >= 11 is 6.72. The van der Waals surface area contributed by atoms with Crippen LogP contribution in [0.15, 0.2) is 72.8 Å². The minimum absolute atomic E-state index is 0.0557. The van der Waals surface area contributed by atoms with Crippen LogP contribution in [0.1, 0.15) is 5.56 Å². The van der Waals surface area contributed by atoms with Crippen LogP contribution in [0, 0.1) is 0 Å². The van der Waals surface area contributed by atoms with Crippen LogP contribution in [0.2, 0.25) is 0 Å². The van der Waals surface area contributed by atoms with E-state index in [4.69, 9.17) is 12.2 Å². The highest BCUT2D eigenvalue weighted by molar-refractivity contribution is 8.24. The Balaban J connectivity index is 1.54. The summed E-state index contributed by atoms with van der Waals surface area (Å²) in [5.74, 6) is 0.488. The third-order valence-electron chi connectivity index (χ3n) is 4.97. The zero-order chi connectivity index (χ0) is 18.4. The van der Waals surface area contributed by atoms with E-state index in [1.165, 1.54) is 39.1 Å². The van der Waals surface area contributed by atoms with Crippen molar-refractivity contribution in [2.24, 2.45) is 0 Å². The van der Waals surface area contributed by atoms with E-state index >= 15 is 0 Å². The van der Waals surface area contributed by atoms with Crippen LogP contribution in [-0.4, -0.2) is 20.5 Å². The summed E-state index contributed by atoms with van der Waals surface area (Å²) in [6.45, 7) is 0.779. The lowest BCUT2D eigenvalue weighted by molar-refractivity contribution is -0.115. The third kappa shape index (κ3) is 2.74. The lowest BCUT2D eigenvalue weighted by Gasteiger charge is -2.15. The molecule has 1 aromatic heterocycles. The van der Waals surface area contributed by atoms with E-state index in [-0.39, 0.29) is 5.91 Å². The second-order valence-electron chi connectivity index (χ2n) is 6.57. The van der Waals surface area contributed by atoms with Crippen molar-refractivity contribution < 1.29 is 4.79 Å². The molecule has 1 amide bonds. The SMILES string of the molecule is O=C1CSC(=S)N1c1ccc(Cn2c3ccccc3c3ccccc32)cc1. The van der Waals surface area contributed by atoms with Crippen molar-refractivity contribution in [3.63, 3.8) is 0 Å². The van der Waals surface area contributed by atoms with Gasteiger partial charge in [0.25, 0.3) is 0 Å². The summed E-state index contributed by atoms with van der Waals surface area (Å²) in [5, 5.41) is 2.55. The van der Waals surface area contributed by atoms with E-state index in [0.29, 0.717) is 10.1 Å². The number of carbonyl (C=O) groups excluding carboxylic acids is 1. The topological polar surface area (TPSA) is 25.2 Å². The van der Waals surface area contributed by atoms with E-state index in [0.717, 1.165) is 12.2 Å². The molecule has 0 radical (unpaired) electrons. The number of amides is 1. The molecule has 0 atom stereocenters. The van der Waals surface area contributed by atoms with Crippen molar-refractivity contribution in [1.29, 1.82) is 0 Å². The first kappa shape index (κ1) is 16.5. The van der Waals surface area contributed by atoms with Gasteiger partial charge < -0.3 is 4.57 Å². The van der Waals surface area contributed by atoms with Crippen LogP contribution in [-0.2, 0) is 11.3 Å². The van der Waals surface area contributed by atoms with Crippen LogP contribution in [0.3, 0.4) is 0 Å². The molecule has 3 aromatic carbocycles. The molecule has 2 heterocycles. The molecular formula is C22H16N2OS2. The summed E-state index contributed by atoms with van der Waals surface area (Å²) in [4.78, 5) is 13.7. The lowest BCUT2D eigenvalue weighted by Crippen LogP contribution is -2.27. The second kappa shape index (κ2) is 6.51. The Morgan fingerprint density at radius 3 is 2.00 bits per heavy atom. The predicted octanol–water partition coefficient (Wildman–Crippen LogP) is 5.21. The molecule has 0 bridgehead atoms. The van der Waals surface area contributed by atoms with Gasteiger partial charge in [-0.1, -0.05) is 72.5 Å². The monoisotopic (exact) mass is 388 g/mol. The maximum atomic E-state index is 12.0. The fourth-order valence-corrected chi connectivity index (χ4v) is 4.81. The van der Waals surface area contributed by atoms with Gasteiger partial charge in [-0.3, -0.25) is 9.69 Å². The van der Waals surface area contributed by atoms with E-state index < -0.39 is 0 Å². The van der Waals surface area contributed by atoms with Gasteiger partial charge in [-0.05, 0) is 29.8 Å². The standard InChI is InChI=1S/C22H16N2OS2/c25-21-14-27-22(26)24(21)16-11-9-15(10-12-16)13-23-19-7-3-1-5-17(19)18-6-2-4-8-20(18)23/h1-12H,13-14H2. The summed E-state index contributed by atoms with van der Waals surface area (Å²) in [6, 6.07) is 25.2. The van der Waals surface area contributed by atoms with Crippen LogP contribution < -0.4 is 4.90 Å². The van der Waals surface area contributed by atoms with E-state index in [1.54, 1.807) is 4.90 Å². The Morgan fingerprint density at radius 2 is 1.44 bits per heavy atom. The molecule has 0 N–H and O–H groups in total. The first-order valence-corrected chi connectivity index (χ1v) is 10.2. The molecule has 4 aromatic rings. The Bertz CT molecular complexity index is 1120. The number of thiocarbonyl (C=S) groups is 1. The Morgan fingerprint density at radius 1 is 0.852 bits per heavy atom. The number of aromatic nitrogens is 1. The minimum Gasteiger partial charge on any atom is -0.336 e. The van der Waals surface area contributed by atoms with Gasteiger partial charge in [0.1, 0.15) is 4.32 Å². The zero-order valence-electron chi connectivity index (χ0n) is 14.5. The van der Waals surface area contributed by atoms with Crippen LogP contribution in [0.25, 0.3) is 21.8 Å². The molecule has 1 fully saturated rings. The number of hydrogen-bond acceptors (Lipinski definition) is 3. The highest BCUT2D eigenvalue weighted by Gasteiger charge is 2.27. The number of rotatable bonds is 3.